The Labute approximate surface area is 141 Å². The maximum absolute atomic E-state index is 11.9. The molecule has 1 aliphatic rings. The molecule has 22 heavy (non-hydrogen) atoms. The Hall–Kier alpha value is -0.820. The van der Waals surface area contributed by atoms with Crippen molar-refractivity contribution < 1.29 is 4.79 Å². The van der Waals surface area contributed by atoms with E-state index in [2.05, 4.69) is 34.7 Å². The molecule has 1 atom stereocenters. The van der Waals surface area contributed by atoms with E-state index in [9.17, 15) is 4.79 Å². The molecule has 1 aromatic rings. The fourth-order valence-corrected chi connectivity index (χ4v) is 3.98. The Kier molecular flexibility index (Phi) is 6.95. The lowest BCUT2D eigenvalue weighted by atomic mass is 9.96. The molecule has 0 saturated heterocycles. The van der Waals surface area contributed by atoms with Crippen molar-refractivity contribution in [3.63, 3.8) is 0 Å². The highest BCUT2D eigenvalue weighted by atomic mass is 32.2. The normalized spacial score (nSPS) is 17.5. The number of amides is 1. The monoisotopic (exact) mass is 342 g/mol. The van der Waals surface area contributed by atoms with Gasteiger partial charge in [0.2, 0.25) is 11.0 Å². The van der Waals surface area contributed by atoms with Gasteiger partial charge >= 0.3 is 0 Å². The second kappa shape index (κ2) is 8.72. The Bertz CT molecular complexity index is 472. The van der Waals surface area contributed by atoms with Gasteiger partial charge in [-0.05, 0) is 25.7 Å². The third-order valence-electron chi connectivity index (χ3n) is 4.05. The van der Waals surface area contributed by atoms with Gasteiger partial charge in [-0.15, -0.1) is 10.2 Å². The van der Waals surface area contributed by atoms with Crippen molar-refractivity contribution in [2.24, 2.45) is 5.92 Å². The van der Waals surface area contributed by atoms with Crippen molar-refractivity contribution >= 4 is 34.1 Å². The first-order valence-corrected chi connectivity index (χ1v) is 9.87. The molecule has 1 amide bonds. The van der Waals surface area contributed by atoms with E-state index in [1.807, 2.05) is 6.92 Å². The maximum Gasteiger partial charge on any atom is 0.230 e. The largest absolute Gasteiger partial charge is 0.357 e. The summed E-state index contributed by atoms with van der Waals surface area (Å²) >= 11 is 3.00. The second-order valence-corrected chi connectivity index (χ2v) is 8.44. The zero-order valence-corrected chi connectivity index (χ0v) is 15.2. The third kappa shape index (κ3) is 5.76. The molecular formula is C15H26N4OS2. The lowest BCUT2D eigenvalue weighted by Crippen LogP contribution is -2.37. The summed E-state index contributed by atoms with van der Waals surface area (Å²) in [5.41, 5.74) is 0. The third-order valence-corrected chi connectivity index (χ3v) is 6.04. The predicted molar refractivity (Wildman–Crippen MR) is 93.6 cm³/mol. The van der Waals surface area contributed by atoms with Crippen molar-refractivity contribution in [2.75, 3.05) is 11.1 Å². The van der Waals surface area contributed by atoms with Gasteiger partial charge in [0.25, 0.3) is 0 Å². The van der Waals surface area contributed by atoms with Gasteiger partial charge < -0.3 is 10.6 Å². The molecule has 0 aliphatic heterocycles. The number of hydrogen-bond donors (Lipinski definition) is 2. The van der Waals surface area contributed by atoms with E-state index >= 15 is 0 Å². The fraction of sp³-hybridized carbons (Fsp3) is 0.800. The Morgan fingerprint density at radius 2 is 2.00 bits per heavy atom. The molecule has 2 rings (SSSR count). The molecule has 124 valence electrons. The van der Waals surface area contributed by atoms with E-state index in [1.54, 1.807) is 11.3 Å². The van der Waals surface area contributed by atoms with Crippen molar-refractivity contribution in [1.29, 1.82) is 0 Å². The van der Waals surface area contributed by atoms with Gasteiger partial charge in [-0.25, -0.2) is 0 Å². The molecule has 0 unspecified atom stereocenters. The Balaban J connectivity index is 1.73. The van der Waals surface area contributed by atoms with Crippen LogP contribution in [0.1, 0.15) is 52.9 Å². The van der Waals surface area contributed by atoms with Crippen molar-refractivity contribution in [2.45, 2.75) is 69.3 Å². The Morgan fingerprint density at radius 1 is 1.27 bits per heavy atom. The van der Waals surface area contributed by atoms with Gasteiger partial charge in [0.05, 0.1) is 5.75 Å². The summed E-state index contributed by atoms with van der Waals surface area (Å²) in [4.78, 5) is 11.9. The molecule has 1 heterocycles. The van der Waals surface area contributed by atoms with E-state index in [0.29, 0.717) is 17.7 Å². The average Bonchev–Trinajstić information content (AvgIpc) is 2.93. The van der Waals surface area contributed by atoms with Crippen LogP contribution in [0.3, 0.4) is 0 Å². The summed E-state index contributed by atoms with van der Waals surface area (Å²) in [5, 5.41) is 15.7. The van der Waals surface area contributed by atoms with Crippen LogP contribution in [0.4, 0.5) is 5.13 Å². The highest BCUT2D eigenvalue weighted by Gasteiger charge is 2.16. The van der Waals surface area contributed by atoms with Crippen LogP contribution in [0.15, 0.2) is 4.34 Å². The molecule has 1 fully saturated rings. The number of carbonyl (C=O) groups excluding carboxylic acids is 1. The number of thioether (sulfide) groups is 1. The summed E-state index contributed by atoms with van der Waals surface area (Å²) in [7, 11) is 0. The van der Waals surface area contributed by atoms with Crippen molar-refractivity contribution in [3.05, 3.63) is 0 Å². The second-order valence-electron chi connectivity index (χ2n) is 6.24. The summed E-state index contributed by atoms with van der Waals surface area (Å²) in [5.74, 6) is 0.903. The summed E-state index contributed by atoms with van der Waals surface area (Å²) in [6.07, 6.45) is 6.38. The summed E-state index contributed by atoms with van der Waals surface area (Å²) in [6.45, 7) is 6.24. The molecule has 1 aromatic heterocycles. The zero-order valence-electron chi connectivity index (χ0n) is 13.6. The predicted octanol–water partition coefficient (Wildman–Crippen LogP) is 3.54. The smallest absolute Gasteiger partial charge is 0.230 e. The molecule has 5 nitrogen and oxygen atoms in total. The number of hydrogen-bond acceptors (Lipinski definition) is 6. The maximum atomic E-state index is 11.9. The molecule has 2 N–H and O–H groups in total. The SMILES string of the molecule is CC(C)[C@H](C)NC(=O)CSc1nnc(NC2CCCCC2)s1. The van der Waals surface area contributed by atoms with Gasteiger partial charge in [-0.1, -0.05) is 56.2 Å². The lowest BCUT2D eigenvalue weighted by Gasteiger charge is -2.21. The molecule has 0 spiro atoms. The van der Waals surface area contributed by atoms with Gasteiger partial charge in [-0.2, -0.15) is 0 Å². The molecule has 7 heteroatoms. The lowest BCUT2D eigenvalue weighted by molar-refractivity contribution is -0.119. The van der Waals surface area contributed by atoms with E-state index < -0.39 is 0 Å². The van der Waals surface area contributed by atoms with Crippen LogP contribution in [-0.4, -0.2) is 33.9 Å². The van der Waals surface area contributed by atoms with Crippen LogP contribution in [0, 0.1) is 5.92 Å². The molecule has 0 aromatic carbocycles. The number of nitrogens with one attached hydrogen (secondary N) is 2. The van der Waals surface area contributed by atoms with Gasteiger partial charge in [0.15, 0.2) is 4.34 Å². The fourth-order valence-electron chi connectivity index (χ4n) is 2.34. The number of nitrogens with zero attached hydrogens (tertiary/aromatic N) is 2. The molecule has 0 radical (unpaired) electrons. The highest BCUT2D eigenvalue weighted by Crippen LogP contribution is 2.28. The van der Waals surface area contributed by atoms with Crippen LogP contribution in [-0.2, 0) is 4.79 Å². The number of carbonyl (C=O) groups is 1. The standard InChI is InChI=1S/C15H26N4OS2/c1-10(2)11(3)16-13(20)9-21-15-19-18-14(22-15)17-12-7-5-4-6-8-12/h10-12H,4-9H2,1-3H3,(H,16,20)(H,17,18)/t11-/m0/s1. The van der Waals surface area contributed by atoms with Gasteiger partial charge in [-0.3, -0.25) is 4.79 Å². The van der Waals surface area contributed by atoms with Crippen LogP contribution < -0.4 is 10.6 Å². The number of anilines is 1. The zero-order chi connectivity index (χ0) is 15.9. The highest BCUT2D eigenvalue weighted by molar-refractivity contribution is 8.01. The molecule has 1 saturated carbocycles. The minimum Gasteiger partial charge on any atom is -0.357 e. The van der Waals surface area contributed by atoms with Crippen LogP contribution in [0.5, 0.6) is 0 Å². The minimum absolute atomic E-state index is 0.0585. The summed E-state index contributed by atoms with van der Waals surface area (Å²) < 4.78 is 0.852. The van der Waals surface area contributed by atoms with Crippen LogP contribution in [0.25, 0.3) is 0 Å². The quantitative estimate of drug-likeness (QED) is 0.742. The summed E-state index contributed by atoms with van der Waals surface area (Å²) in [6, 6.07) is 0.737. The topological polar surface area (TPSA) is 66.9 Å². The van der Waals surface area contributed by atoms with Crippen LogP contribution in [0.2, 0.25) is 0 Å². The van der Waals surface area contributed by atoms with E-state index in [1.165, 1.54) is 43.9 Å². The van der Waals surface area contributed by atoms with Crippen LogP contribution >= 0.6 is 23.1 Å². The first kappa shape index (κ1) is 17.5. The average molecular weight is 343 g/mol. The van der Waals surface area contributed by atoms with E-state index in [0.717, 1.165) is 9.47 Å². The van der Waals surface area contributed by atoms with E-state index in [4.69, 9.17) is 0 Å². The minimum atomic E-state index is 0.0585. The Morgan fingerprint density at radius 3 is 2.68 bits per heavy atom. The van der Waals surface area contributed by atoms with Crippen molar-refractivity contribution in [1.82, 2.24) is 15.5 Å². The first-order chi connectivity index (χ1) is 10.5. The van der Waals surface area contributed by atoms with Gasteiger partial charge in [0, 0.05) is 12.1 Å². The van der Waals surface area contributed by atoms with E-state index in [-0.39, 0.29) is 11.9 Å². The van der Waals surface area contributed by atoms with Gasteiger partial charge in [0.1, 0.15) is 0 Å². The number of rotatable bonds is 7. The molecular weight excluding hydrogens is 316 g/mol. The van der Waals surface area contributed by atoms with Crippen molar-refractivity contribution in [3.8, 4) is 0 Å². The first-order valence-electron chi connectivity index (χ1n) is 8.07. The number of aromatic nitrogens is 2. The molecule has 1 aliphatic carbocycles. The molecule has 0 bridgehead atoms.